The Labute approximate surface area is 122 Å². The molecule has 0 spiro atoms. The Balaban J connectivity index is 3.56. The topological polar surface area (TPSA) is 64.6 Å². The molecular weight excluding hydrogens is 258 g/mol. The zero-order valence-electron chi connectivity index (χ0n) is 13.1. The number of hydrogen-bond donors (Lipinski definition) is 1. The largest absolute Gasteiger partial charge is 0.466 e. The highest BCUT2D eigenvalue weighted by molar-refractivity contribution is 5.72. The average molecular weight is 287 g/mol. The molecule has 0 aromatic rings. The first-order valence-electron chi connectivity index (χ1n) is 7.69. The highest BCUT2D eigenvalue weighted by Gasteiger charge is 2.13. The molecule has 1 atom stereocenters. The molecule has 0 aromatic heterocycles. The Kier molecular flexibility index (Phi) is 12.0. The Morgan fingerprint density at radius 3 is 2.30 bits per heavy atom. The van der Waals surface area contributed by atoms with Crippen molar-refractivity contribution in [1.29, 1.82) is 0 Å². The van der Waals surface area contributed by atoms with Gasteiger partial charge in [0.2, 0.25) is 0 Å². The van der Waals surface area contributed by atoms with Gasteiger partial charge in [-0.05, 0) is 19.8 Å². The molecule has 0 aliphatic heterocycles. The van der Waals surface area contributed by atoms with Crippen LogP contribution < -0.4 is 5.32 Å². The summed E-state index contributed by atoms with van der Waals surface area (Å²) in [5.74, 6) is -0.274. The fourth-order valence-electron chi connectivity index (χ4n) is 1.69. The van der Waals surface area contributed by atoms with Gasteiger partial charge in [-0.2, -0.15) is 0 Å². The minimum atomic E-state index is -0.480. The Morgan fingerprint density at radius 1 is 0.950 bits per heavy atom. The van der Waals surface area contributed by atoms with Gasteiger partial charge in [-0.1, -0.05) is 39.5 Å². The second-order valence-corrected chi connectivity index (χ2v) is 5.02. The molecule has 0 bridgehead atoms. The number of esters is 1. The minimum Gasteiger partial charge on any atom is -0.466 e. The molecule has 0 aliphatic rings. The van der Waals surface area contributed by atoms with Crippen molar-refractivity contribution in [2.45, 2.75) is 71.8 Å². The Morgan fingerprint density at radius 2 is 1.65 bits per heavy atom. The van der Waals surface area contributed by atoms with Crippen molar-refractivity contribution >= 4 is 12.1 Å². The molecule has 0 saturated carbocycles. The lowest BCUT2D eigenvalue weighted by molar-refractivity contribution is -0.144. The molecule has 0 heterocycles. The van der Waals surface area contributed by atoms with Gasteiger partial charge in [0.25, 0.3) is 0 Å². The van der Waals surface area contributed by atoms with Gasteiger partial charge in [0.1, 0.15) is 0 Å². The van der Waals surface area contributed by atoms with E-state index in [4.69, 9.17) is 9.47 Å². The van der Waals surface area contributed by atoms with E-state index in [-0.39, 0.29) is 18.4 Å². The standard InChI is InChI=1S/C15H29NO4/c1-4-6-7-8-9-11-19-14(17)12-13(3)16-15(18)20-10-5-2/h13H,4-12H2,1-3H3,(H,16,18). The Hall–Kier alpha value is -1.26. The molecule has 5 heteroatoms. The van der Waals surface area contributed by atoms with Crippen molar-refractivity contribution in [2.75, 3.05) is 13.2 Å². The molecule has 20 heavy (non-hydrogen) atoms. The number of carbonyl (C=O) groups excluding carboxylic acids is 2. The third-order valence-electron chi connectivity index (χ3n) is 2.79. The van der Waals surface area contributed by atoms with Gasteiger partial charge in [-0.15, -0.1) is 0 Å². The number of amides is 1. The molecule has 0 aromatic carbocycles. The fraction of sp³-hybridized carbons (Fsp3) is 0.867. The molecule has 1 unspecified atom stereocenters. The lowest BCUT2D eigenvalue weighted by Gasteiger charge is -2.13. The zero-order chi connectivity index (χ0) is 15.2. The highest BCUT2D eigenvalue weighted by Crippen LogP contribution is 2.03. The molecule has 1 N–H and O–H groups in total. The maximum Gasteiger partial charge on any atom is 0.407 e. The van der Waals surface area contributed by atoms with Crippen LogP contribution >= 0.6 is 0 Å². The van der Waals surface area contributed by atoms with E-state index in [1.54, 1.807) is 6.92 Å². The van der Waals surface area contributed by atoms with E-state index in [1.165, 1.54) is 19.3 Å². The van der Waals surface area contributed by atoms with E-state index in [9.17, 15) is 9.59 Å². The second kappa shape index (κ2) is 12.8. The summed E-state index contributed by atoms with van der Waals surface area (Å²) < 4.78 is 10.0. The van der Waals surface area contributed by atoms with Gasteiger partial charge >= 0.3 is 12.1 Å². The molecular formula is C15H29NO4. The number of alkyl carbamates (subject to hydrolysis) is 1. The average Bonchev–Trinajstić information content (AvgIpc) is 2.40. The number of nitrogens with one attached hydrogen (secondary N) is 1. The third-order valence-corrected chi connectivity index (χ3v) is 2.79. The van der Waals surface area contributed by atoms with Crippen LogP contribution in [0, 0.1) is 0 Å². The van der Waals surface area contributed by atoms with Crippen LogP contribution in [0.1, 0.15) is 65.7 Å². The predicted octanol–water partition coefficient (Wildman–Crippen LogP) is 3.41. The van der Waals surface area contributed by atoms with Gasteiger partial charge in [-0.25, -0.2) is 4.79 Å². The van der Waals surface area contributed by atoms with E-state index in [2.05, 4.69) is 12.2 Å². The van der Waals surface area contributed by atoms with Crippen LogP contribution in [0.5, 0.6) is 0 Å². The first-order chi connectivity index (χ1) is 9.60. The fourth-order valence-corrected chi connectivity index (χ4v) is 1.69. The quantitative estimate of drug-likeness (QED) is 0.467. The van der Waals surface area contributed by atoms with E-state index in [1.807, 2.05) is 6.92 Å². The number of rotatable bonds is 11. The van der Waals surface area contributed by atoms with E-state index >= 15 is 0 Å². The van der Waals surface area contributed by atoms with Gasteiger partial charge in [0, 0.05) is 6.04 Å². The molecule has 0 saturated heterocycles. The van der Waals surface area contributed by atoms with Crippen LogP contribution in [-0.2, 0) is 14.3 Å². The van der Waals surface area contributed by atoms with Crippen LogP contribution in [0.2, 0.25) is 0 Å². The molecule has 118 valence electrons. The van der Waals surface area contributed by atoms with Crippen LogP contribution in [-0.4, -0.2) is 31.3 Å². The lowest BCUT2D eigenvalue weighted by Crippen LogP contribution is -2.35. The molecule has 0 aliphatic carbocycles. The minimum absolute atomic E-state index is 0.177. The predicted molar refractivity (Wildman–Crippen MR) is 78.6 cm³/mol. The summed E-state index contributed by atoms with van der Waals surface area (Å²) in [5, 5.41) is 2.60. The molecule has 0 radical (unpaired) electrons. The van der Waals surface area contributed by atoms with Gasteiger partial charge in [-0.3, -0.25) is 4.79 Å². The Bertz CT molecular complexity index is 269. The summed E-state index contributed by atoms with van der Waals surface area (Å²) in [7, 11) is 0. The van der Waals surface area contributed by atoms with E-state index in [0.717, 1.165) is 19.3 Å². The number of ether oxygens (including phenoxy) is 2. The number of hydrogen-bond acceptors (Lipinski definition) is 4. The number of carbonyl (C=O) groups is 2. The number of unbranched alkanes of at least 4 members (excludes halogenated alkanes) is 4. The lowest BCUT2D eigenvalue weighted by atomic mass is 10.2. The summed E-state index contributed by atoms with van der Waals surface area (Å²) in [6.07, 6.45) is 6.11. The second-order valence-electron chi connectivity index (χ2n) is 5.02. The summed E-state index contributed by atoms with van der Waals surface area (Å²) in [4.78, 5) is 22.8. The smallest absolute Gasteiger partial charge is 0.407 e. The van der Waals surface area contributed by atoms with Crippen LogP contribution in [0.4, 0.5) is 4.79 Å². The van der Waals surface area contributed by atoms with Crippen molar-refractivity contribution in [3.05, 3.63) is 0 Å². The normalized spacial score (nSPS) is 11.8. The van der Waals surface area contributed by atoms with Crippen LogP contribution in [0.25, 0.3) is 0 Å². The zero-order valence-corrected chi connectivity index (χ0v) is 13.1. The van der Waals surface area contributed by atoms with E-state index < -0.39 is 6.09 Å². The third kappa shape index (κ3) is 11.8. The van der Waals surface area contributed by atoms with Crippen molar-refractivity contribution in [2.24, 2.45) is 0 Å². The van der Waals surface area contributed by atoms with Crippen molar-refractivity contribution < 1.29 is 19.1 Å². The molecule has 0 fully saturated rings. The maximum absolute atomic E-state index is 11.5. The monoisotopic (exact) mass is 287 g/mol. The summed E-state index contributed by atoms with van der Waals surface area (Å²) in [5.41, 5.74) is 0. The van der Waals surface area contributed by atoms with Crippen molar-refractivity contribution in [3.63, 3.8) is 0 Å². The maximum atomic E-state index is 11.5. The summed E-state index contributed by atoms with van der Waals surface area (Å²) in [6.45, 7) is 6.71. The van der Waals surface area contributed by atoms with Gasteiger partial charge < -0.3 is 14.8 Å². The van der Waals surface area contributed by atoms with Gasteiger partial charge in [0.15, 0.2) is 0 Å². The van der Waals surface area contributed by atoms with Gasteiger partial charge in [0.05, 0.1) is 19.6 Å². The SMILES string of the molecule is CCCCCCCOC(=O)CC(C)NC(=O)OCCC. The highest BCUT2D eigenvalue weighted by atomic mass is 16.5. The van der Waals surface area contributed by atoms with Crippen molar-refractivity contribution in [3.8, 4) is 0 Å². The summed E-state index contributed by atoms with van der Waals surface area (Å²) in [6, 6.07) is -0.271. The first kappa shape index (κ1) is 18.7. The summed E-state index contributed by atoms with van der Waals surface area (Å²) >= 11 is 0. The molecule has 5 nitrogen and oxygen atoms in total. The van der Waals surface area contributed by atoms with Crippen molar-refractivity contribution in [1.82, 2.24) is 5.32 Å². The van der Waals surface area contributed by atoms with Crippen LogP contribution in [0.3, 0.4) is 0 Å². The first-order valence-corrected chi connectivity index (χ1v) is 7.69. The van der Waals surface area contributed by atoms with E-state index in [0.29, 0.717) is 13.2 Å². The molecule has 1 amide bonds. The van der Waals surface area contributed by atoms with Crippen LogP contribution in [0.15, 0.2) is 0 Å². The molecule has 0 rings (SSSR count).